The van der Waals surface area contributed by atoms with Crippen LogP contribution in [0.15, 0.2) is 124 Å². The number of benzene rings is 2. The van der Waals surface area contributed by atoms with E-state index in [1.54, 1.807) is 43.2 Å². The maximum Gasteiger partial charge on any atom is 0.416 e. The second-order valence-corrected chi connectivity index (χ2v) is 9.19. The maximum absolute atomic E-state index is 13.5. The number of nitrogens with two attached hydrogens (primary N) is 1. The van der Waals surface area contributed by atoms with Crippen LogP contribution in [-0.4, -0.2) is 6.18 Å². The van der Waals surface area contributed by atoms with Crippen molar-refractivity contribution in [2.75, 3.05) is 0 Å². The van der Waals surface area contributed by atoms with E-state index in [0.717, 1.165) is 18.2 Å². The fourth-order valence-electron chi connectivity index (χ4n) is 4.69. The first-order valence-corrected chi connectivity index (χ1v) is 12.6. The molecule has 1 atom stereocenters. The summed E-state index contributed by atoms with van der Waals surface area (Å²) in [5.41, 5.74) is 13.7. The van der Waals surface area contributed by atoms with E-state index in [0.29, 0.717) is 22.3 Å². The van der Waals surface area contributed by atoms with Crippen LogP contribution in [0.3, 0.4) is 0 Å². The molecule has 0 heterocycles. The Bertz CT molecular complexity index is 1870. The summed E-state index contributed by atoms with van der Waals surface area (Å²) in [6.45, 7) is 1.59. The fourth-order valence-corrected chi connectivity index (χ4v) is 4.69. The second-order valence-electron chi connectivity index (χ2n) is 9.19. The average molecular weight is 583 g/mol. The van der Waals surface area contributed by atoms with Gasteiger partial charge < -0.3 is 5.73 Å². The largest absolute Gasteiger partial charge is 0.416 e. The molecule has 0 amide bonds. The summed E-state index contributed by atoms with van der Waals surface area (Å²) in [4.78, 5) is 0. The van der Waals surface area contributed by atoms with Crippen molar-refractivity contribution < 1.29 is 26.3 Å². The van der Waals surface area contributed by atoms with Crippen LogP contribution in [0.25, 0.3) is 11.1 Å². The SMILES string of the molecule is C#CC(/C=C\C(=C/C)C1=C(c2ccccc2)C(C2=C=C=CC#C2)=C(c2ccc(C(F)(F)F)cc2)/C1=C(\N)C#N)C(F)(F)F. The van der Waals surface area contributed by atoms with Crippen LogP contribution < -0.4 is 5.73 Å². The minimum Gasteiger partial charge on any atom is -0.390 e. The number of nitrogens with zero attached hydrogens (tertiary/aromatic N) is 1. The maximum atomic E-state index is 13.5. The van der Waals surface area contributed by atoms with E-state index >= 15 is 0 Å². The van der Waals surface area contributed by atoms with Gasteiger partial charge in [0, 0.05) is 28.4 Å². The Balaban J connectivity index is 2.15. The standard InChI is InChI=1S/C35H20F6N2/c1-3-22(15-18-26(4-2)34(36,37)38)29-30(23-11-7-5-8-12-23)31(24-13-9-6-10-14-24)32(33(29)28(43)21-42)25-16-19-27(20-17-25)35(39,40)41/h2-3,5-8,11-12,15-20,26H,43H2,1H3/b18-15-,22-3+,33-28-. The first kappa shape index (κ1) is 30.4. The summed E-state index contributed by atoms with van der Waals surface area (Å²) in [5.74, 6) is 5.24. The number of alkyl halides is 6. The van der Waals surface area contributed by atoms with E-state index in [2.05, 4.69) is 23.3 Å². The van der Waals surface area contributed by atoms with E-state index in [1.807, 2.05) is 6.07 Å². The lowest BCUT2D eigenvalue weighted by molar-refractivity contribution is -0.146. The van der Waals surface area contributed by atoms with Crippen LogP contribution in [-0.2, 0) is 6.18 Å². The van der Waals surface area contributed by atoms with Crippen molar-refractivity contribution in [2.24, 2.45) is 11.7 Å². The van der Waals surface area contributed by atoms with Crippen molar-refractivity contribution in [2.45, 2.75) is 19.3 Å². The summed E-state index contributed by atoms with van der Waals surface area (Å²) >= 11 is 0. The molecule has 0 saturated heterocycles. The molecule has 0 fully saturated rings. The van der Waals surface area contributed by atoms with Crippen LogP contribution in [0.2, 0.25) is 0 Å². The van der Waals surface area contributed by atoms with Gasteiger partial charge in [0.05, 0.1) is 11.1 Å². The predicted octanol–water partition coefficient (Wildman–Crippen LogP) is 8.23. The smallest absolute Gasteiger partial charge is 0.390 e. The van der Waals surface area contributed by atoms with Gasteiger partial charge in [-0.1, -0.05) is 89.9 Å². The number of rotatable bonds is 6. The van der Waals surface area contributed by atoms with E-state index in [9.17, 15) is 31.6 Å². The highest BCUT2D eigenvalue weighted by atomic mass is 19.4. The molecule has 1 unspecified atom stereocenters. The number of allylic oxidation sites excluding steroid dienone is 12. The zero-order valence-corrected chi connectivity index (χ0v) is 22.5. The molecule has 43 heavy (non-hydrogen) atoms. The highest BCUT2D eigenvalue weighted by molar-refractivity contribution is 6.12. The van der Waals surface area contributed by atoms with Crippen molar-refractivity contribution >= 4 is 11.1 Å². The molecule has 0 aliphatic heterocycles. The fraction of sp³-hybridized carbons (Fsp3) is 0.114. The van der Waals surface area contributed by atoms with Crippen molar-refractivity contribution in [3.8, 4) is 30.3 Å². The lowest BCUT2D eigenvalue weighted by atomic mass is 9.88. The number of halogens is 6. The summed E-state index contributed by atoms with van der Waals surface area (Å²) < 4.78 is 80.9. The molecule has 2 N–H and O–H groups in total. The summed E-state index contributed by atoms with van der Waals surface area (Å²) in [5, 5.41) is 9.99. The van der Waals surface area contributed by atoms with Crippen LogP contribution in [0, 0.1) is 41.4 Å². The third-order valence-corrected chi connectivity index (χ3v) is 6.59. The van der Waals surface area contributed by atoms with Crippen LogP contribution in [0.5, 0.6) is 0 Å². The Kier molecular flexibility index (Phi) is 8.56. The Morgan fingerprint density at radius 1 is 0.953 bits per heavy atom. The van der Waals surface area contributed by atoms with Crippen molar-refractivity contribution in [1.82, 2.24) is 0 Å². The molecule has 2 nitrogen and oxygen atoms in total. The molecule has 0 spiro atoms. The Morgan fingerprint density at radius 3 is 2.12 bits per heavy atom. The van der Waals surface area contributed by atoms with Crippen LogP contribution >= 0.6 is 0 Å². The zero-order valence-electron chi connectivity index (χ0n) is 22.5. The molecule has 0 bridgehead atoms. The van der Waals surface area contributed by atoms with Crippen LogP contribution in [0.4, 0.5) is 26.3 Å². The molecular formula is C35H20F6N2. The summed E-state index contributed by atoms with van der Waals surface area (Å²) in [7, 11) is 0. The minimum absolute atomic E-state index is 0.115. The van der Waals surface area contributed by atoms with Gasteiger partial charge in [0.2, 0.25) is 0 Å². The highest BCUT2D eigenvalue weighted by Crippen LogP contribution is 2.52. The van der Waals surface area contributed by atoms with Crippen LogP contribution in [0.1, 0.15) is 23.6 Å². The molecule has 0 saturated carbocycles. The first-order valence-electron chi connectivity index (χ1n) is 12.6. The van der Waals surface area contributed by atoms with Gasteiger partial charge in [0.1, 0.15) is 17.7 Å². The molecular weight excluding hydrogens is 562 g/mol. The molecule has 4 rings (SSSR count). The monoisotopic (exact) mass is 582 g/mol. The molecule has 0 radical (unpaired) electrons. The number of hydrogen-bond acceptors (Lipinski definition) is 2. The van der Waals surface area contributed by atoms with Gasteiger partial charge in [-0.15, -0.1) is 6.42 Å². The molecule has 2 aliphatic carbocycles. The molecule has 0 aromatic heterocycles. The Hall–Kier alpha value is -5.57. The normalized spacial score (nSPS) is 17.0. The first-order chi connectivity index (χ1) is 20.4. The number of hydrogen-bond donors (Lipinski definition) is 1. The van der Waals surface area contributed by atoms with Gasteiger partial charge in [-0.25, -0.2) is 0 Å². The third kappa shape index (κ3) is 6.20. The zero-order chi connectivity index (χ0) is 31.4. The van der Waals surface area contributed by atoms with Gasteiger partial charge in [0.25, 0.3) is 0 Å². The van der Waals surface area contributed by atoms with Gasteiger partial charge in [0.15, 0.2) is 0 Å². The Labute approximate surface area is 244 Å². The highest BCUT2D eigenvalue weighted by Gasteiger charge is 2.38. The summed E-state index contributed by atoms with van der Waals surface area (Å²) in [6, 6.07) is 14.9. The van der Waals surface area contributed by atoms with E-state index in [4.69, 9.17) is 12.2 Å². The van der Waals surface area contributed by atoms with Gasteiger partial charge in [-0.05, 0) is 41.3 Å². The molecule has 2 aliphatic rings. The van der Waals surface area contributed by atoms with Crippen molar-refractivity contribution in [1.29, 1.82) is 5.26 Å². The number of nitriles is 1. The van der Waals surface area contributed by atoms with E-state index in [-0.39, 0.29) is 33.6 Å². The molecule has 2 aromatic rings. The van der Waals surface area contributed by atoms with Crippen molar-refractivity contribution in [3.05, 3.63) is 141 Å². The van der Waals surface area contributed by atoms with Crippen molar-refractivity contribution in [3.63, 3.8) is 0 Å². The number of terminal acetylenes is 1. The molecule has 212 valence electrons. The minimum atomic E-state index is -4.71. The molecule has 2 aromatic carbocycles. The predicted molar refractivity (Wildman–Crippen MR) is 153 cm³/mol. The quantitative estimate of drug-likeness (QED) is 0.123. The lowest BCUT2D eigenvalue weighted by Crippen LogP contribution is -2.19. The molecule has 8 heteroatoms. The lowest BCUT2D eigenvalue weighted by Gasteiger charge is -2.16. The third-order valence-electron chi connectivity index (χ3n) is 6.59. The van der Waals surface area contributed by atoms with Gasteiger partial charge in [-0.2, -0.15) is 31.6 Å². The second kappa shape index (κ2) is 12.1. The van der Waals surface area contributed by atoms with Gasteiger partial charge >= 0.3 is 12.4 Å². The topological polar surface area (TPSA) is 49.8 Å². The summed E-state index contributed by atoms with van der Waals surface area (Å²) in [6.07, 6.45) is 0.839. The van der Waals surface area contributed by atoms with E-state index < -0.39 is 23.8 Å². The van der Waals surface area contributed by atoms with Gasteiger partial charge in [-0.3, -0.25) is 0 Å². The Morgan fingerprint density at radius 2 is 1.60 bits per heavy atom. The average Bonchev–Trinajstić information content (AvgIpc) is 3.35. The van der Waals surface area contributed by atoms with E-state index in [1.165, 1.54) is 30.4 Å².